The molecule has 0 aromatic carbocycles. The van der Waals surface area contributed by atoms with Crippen molar-refractivity contribution < 1.29 is 34.3 Å². The monoisotopic (exact) mass is 694 g/mol. The molecule has 3 heterocycles. The maximum absolute atomic E-state index is 13.2. The van der Waals surface area contributed by atoms with Gasteiger partial charge in [0, 0.05) is 24.4 Å². The van der Waals surface area contributed by atoms with Crippen molar-refractivity contribution in [2.24, 2.45) is 50.7 Å². The number of aliphatic hydroxyl groups is 3. The largest absolute Gasteiger partial charge is 0.390 e. The van der Waals surface area contributed by atoms with Gasteiger partial charge in [-0.1, -0.05) is 40.7 Å². The van der Waals surface area contributed by atoms with E-state index >= 15 is 0 Å². The lowest BCUT2D eigenvalue weighted by molar-refractivity contribution is -0.248. The molecule has 50 heavy (non-hydrogen) atoms. The molecule has 0 bridgehead atoms. The van der Waals surface area contributed by atoms with Gasteiger partial charge in [-0.05, 0) is 122 Å². The van der Waals surface area contributed by atoms with Crippen molar-refractivity contribution in [2.75, 3.05) is 19.7 Å². The third kappa shape index (κ3) is 4.85. The summed E-state index contributed by atoms with van der Waals surface area (Å²) >= 11 is 0. The highest BCUT2D eigenvalue weighted by atomic mass is 16.7. The fourth-order valence-electron chi connectivity index (χ4n) is 14.1. The molecular formula is C41H62N2O7. The Morgan fingerprint density at radius 1 is 1.12 bits per heavy atom. The number of aliphatic hydroxyl groups excluding tert-OH is 2. The van der Waals surface area contributed by atoms with E-state index in [1.807, 2.05) is 17.0 Å². The molecule has 2 aliphatic heterocycles. The normalized spacial score (nSPS) is 48.4. The molecule has 278 valence electrons. The number of nitrogens with zero attached hydrogens (tertiary/aromatic N) is 2. The molecule has 1 aromatic heterocycles. The second-order valence-electron chi connectivity index (χ2n) is 19.5. The van der Waals surface area contributed by atoms with Crippen LogP contribution in [0.1, 0.15) is 105 Å². The predicted molar refractivity (Wildman–Crippen MR) is 188 cm³/mol. The van der Waals surface area contributed by atoms with Crippen molar-refractivity contribution in [3.8, 4) is 0 Å². The minimum Gasteiger partial charge on any atom is -0.390 e. The average Bonchev–Trinajstić information content (AvgIpc) is 3.70. The van der Waals surface area contributed by atoms with Crippen LogP contribution in [0.2, 0.25) is 0 Å². The van der Waals surface area contributed by atoms with Gasteiger partial charge in [0.25, 0.3) is 0 Å². The number of amides is 1. The lowest BCUT2D eigenvalue weighted by Crippen LogP contribution is -2.60. The number of rotatable bonds is 6. The fraction of sp³-hybridized carbons (Fsp3) is 0.854. The van der Waals surface area contributed by atoms with E-state index in [1.54, 1.807) is 26.2 Å². The number of fused-ring (bicyclic) bond motifs is 4. The van der Waals surface area contributed by atoms with Gasteiger partial charge < -0.3 is 34.4 Å². The van der Waals surface area contributed by atoms with Crippen LogP contribution < -0.4 is 0 Å². The first-order valence-corrected chi connectivity index (χ1v) is 19.7. The molecule has 1 aromatic rings. The van der Waals surface area contributed by atoms with Gasteiger partial charge in [-0.25, -0.2) is 0 Å². The Morgan fingerprint density at radius 3 is 2.58 bits per heavy atom. The van der Waals surface area contributed by atoms with Crippen molar-refractivity contribution >= 4 is 5.91 Å². The second kappa shape index (κ2) is 11.7. The molecule has 5 saturated carbocycles. The Labute approximate surface area is 298 Å². The van der Waals surface area contributed by atoms with Gasteiger partial charge in [0.05, 0.1) is 49.6 Å². The third-order valence-corrected chi connectivity index (χ3v) is 16.6. The smallest absolute Gasteiger partial charge is 0.227 e. The highest BCUT2D eigenvalue weighted by Crippen LogP contribution is 2.89. The average molecular weight is 695 g/mol. The van der Waals surface area contributed by atoms with Crippen LogP contribution in [0.25, 0.3) is 0 Å². The number of carbonyl (C=O) groups is 1. The Morgan fingerprint density at radius 2 is 1.86 bits per heavy atom. The summed E-state index contributed by atoms with van der Waals surface area (Å²) in [6, 6.07) is 3.82. The van der Waals surface area contributed by atoms with E-state index in [2.05, 4.69) is 39.6 Å². The Hall–Kier alpha value is -1.62. The summed E-state index contributed by atoms with van der Waals surface area (Å²) in [5.74, 6) is 1.56. The molecule has 8 rings (SSSR count). The summed E-state index contributed by atoms with van der Waals surface area (Å²) in [6.45, 7) is 16.8. The van der Waals surface area contributed by atoms with Crippen LogP contribution >= 0.6 is 0 Å². The van der Waals surface area contributed by atoms with Gasteiger partial charge in [0.2, 0.25) is 5.91 Å². The summed E-state index contributed by atoms with van der Waals surface area (Å²) in [5, 5.41) is 34.2. The van der Waals surface area contributed by atoms with Crippen LogP contribution in [0.4, 0.5) is 0 Å². The molecule has 3 N–H and O–H groups in total. The molecule has 2 saturated heterocycles. The van der Waals surface area contributed by atoms with E-state index in [-0.39, 0.29) is 57.0 Å². The van der Waals surface area contributed by atoms with Crippen molar-refractivity contribution in [2.45, 2.75) is 149 Å². The second-order valence-corrected chi connectivity index (χ2v) is 19.5. The molecule has 7 fully saturated rings. The molecule has 14 atom stereocenters. The predicted octanol–water partition coefficient (Wildman–Crippen LogP) is 5.14. The van der Waals surface area contributed by atoms with Gasteiger partial charge in [0.15, 0.2) is 6.29 Å². The van der Waals surface area contributed by atoms with Crippen LogP contribution in [0.3, 0.4) is 0 Å². The number of carbonyl (C=O) groups excluding carboxylic acids is 1. The summed E-state index contributed by atoms with van der Waals surface area (Å²) in [6.07, 6.45) is 9.65. The first-order chi connectivity index (χ1) is 23.5. The van der Waals surface area contributed by atoms with Gasteiger partial charge >= 0.3 is 0 Å². The fourth-order valence-corrected chi connectivity index (χ4v) is 14.1. The van der Waals surface area contributed by atoms with Crippen molar-refractivity contribution in [3.63, 3.8) is 0 Å². The molecule has 5 aliphatic carbocycles. The molecule has 1 amide bonds. The van der Waals surface area contributed by atoms with Crippen molar-refractivity contribution in [3.05, 3.63) is 30.1 Å². The zero-order valence-corrected chi connectivity index (χ0v) is 31.4. The summed E-state index contributed by atoms with van der Waals surface area (Å²) in [5.41, 5.74) is -0.222. The van der Waals surface area contributed by atoms with E-state index in [0.29, 0.717) is 44.4 Å². The van der Waals surface area contributed by atoms with Gasteiger partial charge in [0.1, 0.15) is 6.10 Å². The molecule has 2 spiro atoms. The van der Waals surface area contributed by atoms with Crippen molar-refractivity contribution in [1.29, 1.82) is 0 Å². The number of hydrogen-bond donors (Lipinski definition) is 3. The minimum atomic E-state index is -1.26. The molecule has 0 radical (unpaired) electrons. The zero-order chi connectivity index (χ0) is 35.6. The maximum Gasteiger partial charge on any atom is 0.227 e. The van der Waals surface area contributed by atoms with Gasteiger partial charge in [-0.3, -0.25) is 9.78 Å². The summed E-state index contributed by atoms with van der Waals surface area (Å²) in [4.78, 5) is 19.2. The topological polar surface area (TPSA) is 122 Å². The lowest BCUT2D eigenvalue weighted by Gasteiger charge is -2.64. The minimum absolute atomic E-state index is 0.0416. The number of morpholine rings is 1. The molecule has 11 unspecified atom stereocenters. The summed E-state index contributed by atoms with van der Waals surface area (Å²) in [7, 11) is 0. The first-order valence-electron chi connectivity index (χ1n) is 19.7. The standard InChI is InChI=1S/C41H62N2O7/c1-24-19-26(34(45)37(4,5)47)49-33-32(24)38(6)14-15-41-23-40(41)13-12-29(36(2,3)27(40)10-11-28(41)39(38,7)35(33)46)50-31-22-43(17-18-48-31)30(44)20-25-9-8-16-42-21-25/h8-9,16,21,24,26-29,31-35,45-47H,10-15,17-20,22-23H2,1-7H3/t24-,26?,27?,28?,29?,31?,32?,33?,34?,35+,38?,39-,40?,41?/m1/s1. The molecule has 9 heteroatoms. The third-order valence-electron chi connectivity index (χ3n) is 16.6. The van der Waals surface area contributed by atoms with E-state index in [9.17, 15) is 20.1 Å². The van der Waals surface area contributed by atoms with Crippen LogP contribution in [0.15, 0.2) is 24.5 Å². The van der Waals surface area contributed by atoms with Gasteiger partial charge in [-0.15, -0.1) is 0 Å². The Bertz CT molecular complexity index is 1470. The first kappa shape index (κ1) is 35.4. The van der Waals surface area contributed by atoms with Gasteiger partial charge in [-0.2, -0.15) is 0 Å². The van der Waals surface area contributed by atoms with Crippen LogP contribution in [0, 0.1) is 50.7 Å². The highest BCUT2D eigenvalue weighted by molar-refractivity contribution is 5.78. The number of ether oxygens (including phenoxy) is 3. The van der Waals surface area contributed by atoms with Crippen LogP contribution in [0.5, 0.6) is 0 Å². The Balaban J connectivity index is 0.985. The lowest BCUT2D eigenvalue weighted by atomic mass is 9.41. The van der Waals surface area contributed by atoms with Crippen molar-refractivity contribution in [1.82, 2.24) is 9.88 Å². The zero-order valence-electron chi connectivity index (χ0n) is 31.4. The van der Waals surface area contributed by atoms with Crippen LogP contribution in [-0.4, -0.2) is 93.2 Å². The quantitative estimate of drug-likeness (QED) is 0.375. The SMILES string of the molecule is C[C@@H]1CC(C(O)C(C)(C)O)OC2C1C1(C)CCC34CC35CCC(OC3CN(C(=O)Cc6cccnc6)CCO3)C(C)(C)C5CCC4[C@]1(C)[C@H]2O. The Kier molecular flexibility index (Phi) is 8.28. The van der Waals surface area contributed by atoms with Crippen LogP contribution in [-0.2, 0) is 25.4 Å². The highest BCUT2D eigenvalue weighted by Gasteiger charge is 2.84. The molecular weight excluding hydrogens is 632 g/mol. The van der Waals surface area contributed by atoms with E-state index in [1.165, 1.54) is 12.8 Å². The van der Waals surface area contributed by atoms with E-state index in [4.69, 9.17) is 14.2 Å². The molecule has 7 aliphatic rings. The number of aromatic nitrogens is 1. The number of hydrogen-bond acceptors (Lipinski definition) is 8. The summed E-state index contributed by atoms with van der Waals surface area (Å²) < 4.78 is 19.7. The molecule has 9 nitrogen and oxygen atoms in total. The van der Waals surface area contributed by atoms with E-state index in [0.717, 1.165) is 37.7 Å². The van der Waals surface area contributed by atoms with E-state index < -0.39 is 30.2 Å². The number of pyridine rings is 1. The maximum atomic E-state index is 13.2.